The Bertz CT molecular complexity index is 311. The number of nitrogens with two attached hydrogens (primary N) is 1. The zero-order valence-corrected chi connectivity index (χ0v) is 7.72. The maximum Gasteiger partial charge on any atom is 0.0413 e. The van der Waals surface area contributed by atoms with Crippen molar-refractivity contribution in [2.45, 2.75) is 32.2 Å². The molecule has 0 unspecified atom stereocenters. The van der Waals surface area contributed by atoms with Crippen molar-refractivity contribution in [2.75, 3.05) is 0 Å². The van der Waals surface area contributed by atoms with E-state index in [1.165, 1.54) is 16.7 Å². The van der Waals surface area contributed by atoms with Crippen LogP contribution in [0.4, 0.5) is 0 Å². The zero-order chi connectivity index (χ0) is 8.77. The molecule has 1 aromatic carbocycles. The van der Waals surface area contributed by atoms with Crippen LogP contribution >= 0.6 is 0 Å². The van der Waals surface area contributed by atoms with Gasteiger partial charge in [0.15, 0.2) is 0 Å². The van der Waals surface area contributed by atoms with Gasteiger partial charge >= 0.3 is 0 Å². The van der Waals surface area contributed by atoms with Crippen LogP contribution in [0.2, 0.25) is 0 Å². The van der Waals surface area contributed by atoms with Gasteiger partial charge in [0.05, 0.1) is 0 Å². The van der Waals surface area contributed by atoms with E-state index in [-0.39, 0.29) is 5.54 Å². The molecule has 0 spiro atoms. The average molecular weight is 161 g/mol. The quantitative estimate of drug-likeness (QED) is 0.671. The summed E-state index contributed by atoms with van der Waals surface area (Å²) in [5, 5.41) is 0. The smallest absolute Gasteiger partial charge is 0.0413 e. The van der Waals surface area contributed by atoms with Gasteiger partial charge in [0.25, 0.3) is 0 Å². The van der Waals surface area contributed by atoms with Gasteiger partial charge in [-0.05, 0) is 37.8 Å². The van der Waals surface area contributed by atoms with Crippen LogP contribution < -0.4 is 5.73 Å². The molecule has 0 radical (unpaired) electrons. The van der Waals surface area contributed by atoms with E-state index in [1.807, 2.05) is 0 Å². The van der Waals surface area contributed by atoms with Gasteiger partial charge in [-0.3, -0.25) is 0 Å². The van der Waals surface area contributed by atoms with Gasteiger partial charge in [0, 0.05) is 5.54 Å². The highest BCUT2D eigenvalue weighted by atomic mass is 14.8. The van der Waals surface area contributed by atoms with E-state index in [2.05, 4.69) is 32.0 Å². The summed E-state index contributed by atoms with van der Waals surface area (Å²) < 4.78 is 0. The fraction of sp³-hybridized carbons (Fsp3) is 0.455. The number of hydrogen-bond donors (Lipinski definition) is 1. The molecule has 1 aliphatic rings. The zero-order valence-electron chi connectivity index (χ0n) is 7.72. The van der Waals surface area contributed by atoms with Gasteiger partial charge in [-0.15, -0.1) is 0 Å². The second kappa shape index (κ2) is 2.33. The number of hydrogen-bond acceptors (Lipinski definition) is 1. The lowest BCUT2D eigenvalue weighted by molar-refractivity contribution is 0.733. The standard InChI is InChI=1S/C11H15N/c1-8-3-4-10(9(2)7-8)11(12)5-6-11/h3-4,7H,5-6,12H2,1-2H3. The Hall–Kier alpha value is -0.820. The van der Waals surface area contributed by atoms with E-state index < -0.39 is 0 Å². The first-order chi connectivity index (χ1) is 5.62. The van der Waals surface area contributed by atoms with E-state index in [0.29, 0.717) is 0 Å². The van der Waals surface area contributed by atoms with Crippen molar-refractivity contribution < 1.29 is 0 Å². The van der Waals surface area contributed by atoms with Crippen LogP contribution in [-0.2, 0) is 5.54 Å². The summed E-state index contributed by atoms with van der Waals surface area (Å²) in [5.41, 5.74) is 10.1. The Labute approximate surface area is 73.6 Å². The molecule has 64 valence electrons. The van der Waals surface area contributed by atoms with Gasteiger partial charge < -0.3 is 5.73 Å². The molecule has 2 N–H and O–H groups in total. The number of benzene rings is 1. The lowest BCUT2D eigenvalue weighted by Gasteiger charge is -2.12. The fourth-order valence-corrected chi connectivity index (χ4v) is 1.78. The summed E-state index contributed by atoms with van der Waals surface area (Å²) in [4.78, 5) is 0. The number of aryl methyl sites for hydroxylation is 2. The third-order valence-electron chi connectivity index (χ3n) is 2.71. The molecule has 0 amide bonds. The molecule has 0 bridgehead atoms. The summed E-state index contributed by atoms with van der Waals surface area (Å²) in [6.45, 7) is 4.27. The average Bonchev–Trinajstić information content (AvgIpc) is 2.68. The van der Waals surface area contributed by atoms with E-state index >= 15 is 0 Å². The third-order valence-corrected chi connectivity index (χ3v) is 2.71. The lowest BCUT2D eigenvalue weighted by Crippen LogP contribution is -2.19. The van der Waals surface area contributed by atoms with Crippen molar-refractivity contribution >= 4 is 0 Å². The van der Waals surface area contributed by atoms with Crippen LogP contribution in [0.1, 0.15) is 29.5 Å². The van der Waals surface area contributed by atoms with Gasteiger partial charge in [-0.2, -0.15) is 0 Å². The molecule has 1 fully saturated rings. The van der Waals surface area contributed by atoms with Crippen molar-refractivity contribution in [1.29, 1.82) is 0 Å². The van der Waals surface area contributed by atoms with Gasteiger partial charge in [0.2, 0.25) is 0 Å². The Kier molecular flexibility index (Phi) is 1.52. The van der Waals surface area contributed by atoms with Gasteiger partial charge in [-0.1, -0.05) is 23.8 Å². The minimum absolute atomic E-state index is 0.0256. The molecule has 0 heterocycles. The monoisotopic (exact) mass is 161 g/mol. The van der Waals surface area contributed by atoms with Crippen LogP contribution in [-0.4, -0.2) is 0 Å². The minimum Gasteiger partial charge on any atom is -0.321 e. The molecule has 0 aliphatic heterocycles. The Morgan fingerprint density at radius 3 is 2.42 bits per heavy atom. The van der Waals surface area contributed by atoms with E-state index in [9.17, 15) is 0 Å². The molecule has 1 nitrogen and oxygen atoms in total. The maximum absolute atomic E-state index is 6.12. The van der Waals surface area contributed by atoms with Crippen LogP contribution in [0.3, 0.4) is 0 Å². The second-order valence-corrected chi connectivity index (χ2v) is 3.97. The highest BCUT2D eigenvalue weighted by Crippen LogP contribution is 2.43. The molecule has 1 aromatic rings. The molecule has 12 heavy (non-hydrogen) atoms. The van der Waals surface area contributed by atoms with Crippen molar-refractivity contribution in [1.82, 2.24) is 0 Å². The van der Waals surface area contributed by atoms with E-state index in [1.54, 1.807) is 0 Å². The SMILES string of the molecule is Cc1ccc(C2(N)CC2)c(C)c1. The van der Waals surface area contributed by atoms with Crippen LogP contribution in [0, 0.1) is 13.8 Å². The highest BCUT2D eigenvalue weighted by Gasteiger charge is 2.40. The minimum atomic E-state index is 0.0256. The van der Waals surface area contributed by atoms with Crippen molar-refractivity contribution in [3.63, 3.8) is 0 Å². The van der Waals surface area contributed by atoms with Crippen molar-refractivity contribution in [2.24, 2.45) is 5.73 Å². The third kappa shape index (κ3) is 1.14. The summed E-state index contributed by atoms with van der Waals surface area (Å²) in [6, 6.07) is 6.54. The summed E-state index contributed by atoms with van der Waals surface area (Å²) >= 11 is 0. The predicted octanol–water partition coefficient (Wildman–Crippen LogP) is 2.25. The van der Waals surface area contributed by atoms with Crippen LogP contribution in [0.15, 0.2) is 18.2 Å². The maximum atomic E-state index is 6.12. The Morgan fingerprint density at radius 2 is 1.92 bits per heavy atom. The lowest BCUT2D eigenvalue weighted by atomic mass is 9.98. The Morgan fingerprint density at radius 1 is 1.25 bits per heavy atom. The van der Waals surface area contributed by atoms with Crippen LogP contribution in [0.5, 0.6) is 0 Å². The van der Waals surface area contributed by atoms with Crippen molar-refractivity contribution in [3.05, 3.63) is 34.9 Å². The first-order valence-electron chi connectivity index (χ1n) is 4.48. The highest BCUT2D eigenvalue weighted by molar-refractivity contribution is 5.38. The molecular formula is C11H15N. The fourth-order valence-electron chi connectivity index (χ4n) is 1.78. The van der Waals surface area contributed by atoms with E-state index in [4.69, 9.17) is 5.73 Å². The van der Waals surface area contributed by atoms with Crippen molar-refractivity contribution in [3.8, 4) is 0 Å². The van der Waals surface area contributed by atoms with Gasteiger partial charge in [-0.25, -0.2) is 0 Å². The molecule has 1 aliphatic carbocycles. The molecule has 1 heteroatoms. The summed E-state index contributed by atoms with van der Waals surface area (Å²) in [7, 11) is 0. The largest absolute Gasteiger partial charge is 0.321 e. The van der Waals surface area contributed by atoms with Gasteiger partial charge in [0.1, 0.15) is 0 Å². The summed E-state index contributed by atoms with van der Waals surface area (Å²) in [6.07, 6.45) is 2.30. The molecular weight excluding hydrogens is 146 g/mol. The summed E-state index contributed by atoms with van der Waals surface area (Å²) in [5.74, 6) is 0. The topological polar surface area (TPSA) is 26.0 Å². The Balaban J connectivity index is 2.45. The molecule has 0 aromatic heterocycles. The van der Waals surface area contributed by atoms with E-state index in [0.717, 1.165) is 12.8 Å². The molecule has 2 rings (SSSR count). The molecule has 0 saturated heterocycles. The normalized spacial score (nSPS) is 19.2. The molecule has 0 atom stereocenters. The molecule has 1 saturated carbocycles. The second-order valence-electron chi connectivity index (χ2n) is 3.97. The number of rotatable bonds is 1. The first kappa shape index (κ1) is 7.81. The first-order valence-corrected chi connectivity index (χ1v) is 4.48. The predicted molar refractivity (Wildman–Crippen MR) is 51.0 cm³/mol. The van der Waals surface area contributed by atoms with Crippen LogP contribution in [0.25, 0.3) is 0 Å².